The minimum atomic E-state index is -0.284. The van der Waals surface area contributed by atoms with Crippen molar-refractivity contribution in [2.75, 3.05) is 36.5 Å². The standard InChI is InChI=1S/C20H19N5O3S/c1-12-2-5-17(28-12)15-11-16(24-23-15)19(26)21-13-3-4-14-18(10-13)29-20(22-14)25-6-8-27-9-7-25/h2-5,10-11H,6-9H2,1H3,(H,21,26)(H,23,24). The first-order valence-corrected chi connectivity index (χ1v) is 10.1. The smallest absolute Gasteiger partial charge is 0.276 e. The highest BCUT2D eigenvalue weighted by Crippen LogP contribution is 2.31. The third kappa shape index (κ3) is 3.62. The molecule has 1 aliphatic heterocycles. The van der Waals surface area contributed by atoms with Gasteiger partial charge < -0.3 is 19.4 Å². The van der Waals surface area contributed by atoms with Gasteiger partial charge in [0.05, 0.1) is 23.4 Å². The van der Waals surface area contributed by atoms with Crippen LogP contribution in [0.2, 0.25) is 0 Å². The van der Waals surface area contributed by atoms with Crippen LogP contribution in [0.1, 0.15) is 16.2 Å². The van der Waals surface area contributed by atoms with Crippen LogP contribution in [0.4, 0.5) is 10.8 Å². The Labute approximate surface area is 170 Å². The average Bonchev–Trinajstić information content (AvgIpc) is 3.47. The fraction of sp³-hybridized carbons (Fsp3) is 0.250. The van der Waals surface area contributed by atoms with Crippen molar-refractivity contribution in [1.29, 1.82) is 0 Å². The van der Waals surface area contributed by atoms with Crippen molar-refractivity contribution in [3.05, 3.63) is 47.9 Å². The number of nitrogens with zero attached hydrogens (tertiary/aromatic N) is 3. The number of nitrogens with one attached hydrogen (secondary N) is 2. The summed E-state index contributed by atoms with van der Waals surface area (Å²) in [5.41, 5.74) is 2.59. The second-order valence-corrected chi connectivity index (χ2v) is 7.82. The molecule has 148 valence electrons. The maximum atomic E-state index is 12.6. The van der Waals surface area contributed by atoms with Crippen molar-refractivity contribution in [3.8, 4) is 11.5 Å². The van der Waals surface area contributed by atoms with Crippen molar-refractivity contribution in [3.63, 3.8) is 0 Å². The molecule has 5 rings (SSSR count). The van der Waals surface area contributed by atoms with E-state index in [2.05, 4.69) is 20.4 Å². The van der Waals surface area contributed by atoms with Crippen molar-refractivity contribution in [2.24, 2.45) is 0 Å². The van der Waals surface area contributed by atoms with E-state index in [1.807, 2.05) is 37.3 Å². The molecular weight excluding hydrogens is 390 g/mol. The van der Waals surface area contributed by atoms with Crippen LogP contribution in [-0.2, 0) is 4.74 Å². The van der Waals surface area contributed by atoms with Crippen LogP contribution in [-0.4, -0.2) is 47.4 Å². The third-order valence-electron chi connectivity index (χ3n) is 4.73. The lowest BCUT2D eigenvalue weighted by Gasteiger charge is -2.25. The quantitative estimate of drug-likeness (QED) is 0.534. The predicted molar refractivity (Wildman–Crippen MR) is 112 cm³/mol. The number of ether oxygens (including phenoxy) is 1. The molecule has 1 aromatic carbocycles. The maximum Gasteiger partial charge on any atom is 0.276 e. The highest BCUT2D eigenvalue weighted by atomic mass is 32.1. The number of hydrogen-bond donors (Lipinski definition) is 2. The van der Waals surface area contributed by atoms with Gasteiger partial charge in [0.2, 0.25) is 0 Å². The molecule has 0 radical (unpaired) electrons. The van der Waals surface area contributed by atoms with E-state index in [4.69, 9.17) is 14.1 Å². The van der Waals surface area contributed by atoms with Gasteiger partial charge in [-0.2, -0.15) is 5.10 Å². The number of carbonyl (C=O) groups is 1. The number of fused-ring (bicyclic) bond motifs is 1. The molecule has 2 N–H and O–H groups in total. The van der Waals surface area contributed by atoms with Crippen molar-refractivity contribution < 1.29 is 13.9 Å². The summed E-state index contributed by atoms with van der Waals surface area (Å²) >= 11 is 1.62. The summed E-state index contributed by atoms with van der Waals surface area (Å²) < 4.78 is 12.0. The van der Waals surface area contributed by atoms with Crippen molar-refractivity contribution in [1.82, 2.24) is 15.2 Å². The van der Waals surface area contributed by atoms with Gasteiger partial charge >= 0.3 is 0 Å². The Balaban J connectivity index is 1.33. The summed E-state index contributed by atoms with van der Waals surface area (Å²) in [5.74, 6) is 1.17. The first kappa shape index (κ1) is 17.9. The van der Waals surface area contributed by atoms with Crippen molar-refractivity contribution in [2.45, 2.75) is 6.92 Å². The number of anilines is 2. The molecule has 29 heavy (non-hydrogen) atoms. The minimum absolute atomic E-state index is 0.284. The number of amides is 1. The lowest BCUT2D eigenvalue weighted by atomic mass is 10.2. The van der Waals surface area contributed by atoms with Gasteiger partial charge in [0.1, 0.15) is 11.5 Å². The number of aromatic nitrogens is 3. The largest absolute Gasteiger partial charge is 0.460 e. The van der Waals surface area contributed by atoms with Gasteiger partial charge in [0.15, 0.2) is 16.6 Å². The molecule has 0 atom stereocenters. The lowest BCUT2D eigenvalue weighted by Crippen LogP contribution is -2.36. The van der Waals surface area contributed by atoms with Gasteiger partial charge in [-0.3, -0.25) is 9.89 Å². The van der Waals surface area contributed by atoms with E-state index >= 15 is 0 Å². The first-order valence-electron chi connectivity index (χ1n) is 9.32. The van der Waals surface area contributed by atoms with Crippen LogP contribution in [0.5, 0.6) is 0 Å². The number of furan rings is 1. The van der Waals surface area contributed by atoms with Gasteiger partial charge in [-0.1, -0.05) is 11.3 Å². The summed E-state index contributed by atoms with van der Waals surface area (Å²) in [4.78, 5) is 19.5. The maximum absolute atomic E-state index is 12.6. The zero-order valence-electron chi connectivity index (χ0n) is 15.8. The highest BCUT2D eigenvalue weighted by Gasteiger charge is 2.17. The molecule has 1 saturated heterocycles. The second kappa shape index (κ2) is 7.34. The Bertz CT molecular complexity index is 1170. The van der Waals surface area contributed by atoms with E-state index < -0.39 is 0 Å². The Morgan fingerprint density at radius 1 is 1.21 bits per heavy atom. The number of H-pyrrole nitrogens is 1. The monoisotopic (exact) mass is 409 g/mol. The lowest BCUT2D eigenvalue weighted by molar-refractivity contribution is 0.102. The molecule has 1 aliphatic rings. The molecule has 9 heteroatoms. The number of benzene rings is 1. The summed E-state index contributed by atoms with van der Waals surface area (Å²) in [7, 11) is 0. The van der Waals surface area contributed by atoms with Gasteiger partial charge in [0, 0.05) is 24.8 Å². The molecule has 3 aromatic heterocycles. The zero-order valence-corrected chi connectivity index (χ0v) is 16.6. The van der Waals surface area contributed by atoms with Crippen LogP contribution in [0.15, 0.2) is 40.8 Å². The van der Waals surface area contributed by atoms with E-state index in [0.29, 0.717) is 22.8 Å². The fourth-order valence-corrected chi connectivity index (χ4v) is 4.28. The van der Waals surface area contributed by atoms with E-state index in [-0.39, 0.29) is 5.91 Å². The van der Waals surface area contributed by atoms with Crippen LogP contribution in [0.25, 0.3) is 21.7 Å². The molecule has 4 heterocycles. The van der Waals surface area contributed by atoms with E-state index in [0.717, 1.165) is 47.4 Å². The van der Waals surface area contributed by atoms with E-state index in [1.165, 1.54) is 0 Å². The minimum Gasteiger partial charge on any atom is -0.460 e. The Morgan fingerprint density at radius 2 is 2.07 bits per heavy atom. The van der Waals surface area contributed by atoms with Gasteiger partial charge in [-0.05, 0) is 37.3 Å². The molecular formula is C20H19N5O3S. The number of rotatable bonds is 4. The Morgan fingerprint density at radius 3 is 2.86 bits per heavy atom. The summed E-state index contributed by atoms with van der Waals surface area (Å²) in [5, 5.41) is 10.8. The fourth-order valence-electron chi connectivity index (χ4n) is 3.22. The Hall–Kier alpha value is -3.17. The highest BCUT2D eigenvalue weighted by molar-refractivity contribution is 7.22. The molecule has 0 bridgehead atoms. The first-order chi connectivity index (χ1) is 14.2. The summed E-state index contributed by atoms with van der Waals surface area (Å²) in [6.07, 6.45) is 0. The van der Waals surface area contributed by atoms with Crippen molar-refractivity contribution >= 4 is 38.3 Å². The molecule has 8 nitrogen and oxygen atoms in total. The van der Waals surface area contributed by atoms with Gasteiger partial charge in [-0.15, -0.1) is 0 Å². The average molecular weight is 409 g/mol. The molecule has 0 saturated carbocycles. The molecule has 1 fully saturated rings. The van der Waals surface area contributed by atoms with Crippen LogP contribution < -0.4 is 10.2 Å². The second-order valence-electron chi connectivity index (χ2n) is 6.81. The molecule has 0 unspecified atom stereocenters. The number of morpholine rings is 1. The number of aromatic amines is 1. The molecule has 0 spiro atoms. The van der Waals surface area contributed by atoms with Gasteiger partial charge in [-0.25, -0.2) is 4.98 Å². The van der Waals surface area contributed by atoms with Crippen LogP contribution in [0.3, 0.4) is 0 Å². The predicted octanol–water partition coefficient (Wildman–Crippen LogP) is 3.68. The Kier molecular flexibility index (Phi) is 4.53. The molecule has 4 aromatic rings. The van der Waals surface area contributed by atoms with E-state index in [9.17, 15) is 4.79 Å². The SMILES string of the molecule is Cc1ccc(-c2cc(C(=O)Nc3ccc4nc(N5CCOCC5)sc4c3)n[nH]2)o1. The number of hydrogen-bond acceptors (Lipinski definition) is 7. The van der Waals surface area contributed by atoms with Crippen LogP contribution in [0, 0.1) is 6.92 Å². The summed E-state index contributed by atoms with van der Waals surface area (Å²) in [6.45, 7) is 5.01. The molecule has 1 amide bonds. The van der Waals surface area contributed by atoms with Gasteiger partial charge in [0.25, 0.3) is 5.91 Å². The van der Waals surface area contributed by atoms with Crippen LogP contribution >= 0.6 is 11.3 Å². The molecule has 0 aliphatic carbocycles. The topological polar surface area (TPSA) is 96.3 Å². The van der Waals surface area contributed by atoms with E-state index in [1.54, 1.807) is 17.4 Å². The number of carbonyl (C=O) groups excluding carboxylic acids is 1. The normalized spacial score (nSPS) is 14.4. The zero-order chi connectivity index (χ0) is 19.8. The number of aryl methyl sites for hydroxylation is 1. The third-order valence-corrected chi connectivity index (χ3v) is 5.81. The number of thiazole rings is 1. The summed E-state index contributed by atoms with van der Waals surface area (Å²) in [6, 6.07) is 11.1.